The largest absolute Gasteiger partial charge is 0.378 e. The molecule has 0 bridgehead atoms. The topological polar surface area (TPSA) is 18.5 Å². The molecule has 0 radical (unpaired) electrons. The predicted octanol–water partition coefficient (Wildman–Crippen LogP) is 6.62. The van der Waals surface area contributed by atoms with Crippen LogP contribution in [-0.2, 0) is 9.47 Å². The SMILES string of the molecule is CCCO[C@H]1CC[C@]2(C)C3CC[C@@]4(C)C(CC[C@@H]4OCCC)C3CC[C@H]2C1. The Bertz CT molecular complexity index is 505. The molecule has 8 atom stereocenters. The van der Waals surface area contributed by atoms with Gasteiger partial charge in [-0.3, -0.25) is 0 Å². The standard InChI is InChI=1S/C25H44O2/c1-5-15-26-19-11-13-24(3)18(17-19)7-8-20-21-9-10-23(27-16-6-2)25(21,4)14-12-22(20)24/h18-23H,5-17H2,1-4H3/t18-,19-,20?,21?,22?,23-,24-,25-/m0/s1. The molecule has 27 heavy (non-hydrogen) atoms. The summed E-state index contributed by atoms with van der Waals surface area (Å²) in [5, 5.41) is 0. The molecule has 4 rings (SSSR count). The first kappa shape index (κ1) is 20.2. The summed E-state index contributed by atoms with van der Waals surface area (Å²) in [4.78, 5) is 0. The molecule has 4 fully saturated rings. The summed E-state index contributed by atoms with van der Waals surface area (Å²) in [5.41, 5.74) is 1.04. The van der Waals surface area contributed by atoms with Crippen molar-refractivity contribution in [2.45, 2.75) is 111 Å². The van der Waals surface area contributed by atoms with Gasteiger partial charge in [-0.15, -0.1) is 0 Å². The van der Waals surface area contributed by atoms with Gasteiger partial charge in [0.2, 0.25) is 0 Å². The third-order valence-corrected chi connectivity index (χ3v) is 9.61. The van der Waals surface area contributed by atoms with Gasteiger partial charge in [-0.2, -0.15) is 0 Å². The van der Waals surface area contributed by atoms with E-state index in [1.807, 2.05) is 0 Å². The van der Waals surface area contributed by atoms with Gasteiger partial charge in [-0.05, 0) is 105 Å². The van der Waals surface area contributed by atoms with Crippen molar-refractivity contribution in [3.05, 3.63) is 0 Å². The van der Waals surface area contributed by atoms with Gasteiger partial charge >= 0.3 is 0 Å². The van der Waals surface area contributed by atoms with Crippen LogP contribution < -0.4 is 0 Å². The van der Waals surface area contributed by atoms with Crippen LogP contribution in [0.15, 0.2) is 0 Å². The van der Waals surface area contributed by atoms with Gasteiger partial charge in [-0.25, -0.2) is 0 Å². The average molecular weight is 377 g/mol. The fourth-order valence-electron chi connectivity index (χ4n) is 8.14. The lowest BCUT2D eigenvalue weighted by molar-refractivity contribution is -0.146. The second kappa shape index (κ2) is 7.98. The monoisotopic (exact) mass is 376 g/mol. The maximum Gasteiger partial charge on any atom is 0.0631 e. The Labute approximate surface area is 168 Å². The molecule has 0 heterocycles. The first-order valence-corrected chi connectivity index (χ1v) is 12.3. The van der Waals surface area contributed by atoms with Gasteiger partial charge in [0.05, 0.1) is 12.2 Å². The number of ether oxygens (including phenoxy) is 2. The number of rotatable bonds is 6. The normalized spacial score (nSPS) is 49.3. The molecule has 0 aromatic rings. The van der Waals surface area contributed by atoms with E-state index in [0.717, 1.165) is 49.7 Å². The molecule has 0 aromatic heterocycles. The van der Waals surface area contributed by atoms with Crippen molar-refractivity contribution in [2.75, 3.05) is 13.2 Å². The lowest BCUT2D eigenvalue weighted by atomic mass is 9.45. The van der Waals surface area contributed by atoms with Gasteiger partial charge in [0, 0.05) is 13.2 Å². The Morgan fingerprint density at radius 1 is 0.741 bits per heavy atom. The highest BCUT2D eigenvalue weighted by atomic mass is 16.5. The molecule has 4 aliphatic rings. The summed E-state index contributed by atoms with van der Waals surface area (Å²) in [7, 11) is 0. The van der Waals surface area contributed by atoms with E-state index in [1.165, 1.54) is 57.8 Å². The highest BCUT2D eigenvalue weighted by molar-refractivity contribution is 5.09. The van der Waals surface area contributed by atoms with Gasteiger partial charge < -0.3 is 9.47 Å². The lowest BCUT2D eigenvalue weighted by Crippen LogP contribution is -2.54. The number of fused-ring (bicyclic) bond motifs is 5. The van der Waals surface area contributed by atoms with Crippen LogP contribution in [0.25, 0.3) is 0 Å². The van der Waals surface area contributed by atoms with Crippen molar-refractivity contribution in [1.29, 1.82) is 0 Å². The van der Waals surface area contributed by atoms with Gasteiger partial charge in [0.15, 0.2) is 0 Å². The fourth-order valence-corrected chi connectivity index (χ4v) is 8.14. The Morgan fingerprint density at radius 2 is 1.44 bits per heavy atom. The maximum absolute atomic E-state index is 6.37. The van der Waals surface area contributed by atoms with Gasteiger partial charge in [0.1, 0.15) is 0 Å². The molecule has 0 aromatic carbocycles. The fraction of sp³-hybridized carbons (Fsp3) is 1.00. The second-order valence-corrected chi connectivity index (χ2v) is 10.9. The van der Waals surface area contributed by atoms with Crippen LogP contribution in [0.1, 0.15) is 98.3 Å². The molecule has 2 heteroatoms. The molecule has 4 aliphatic carbocycles. The Hall–Kier alpha value is -0.0800. The van der Waals surface area contributed by atoms with Gasteiger partial charge in [-0.1, -0.05) is 27.7 Å². The van der Waals surface area contributed by atoms with E-state index >= 15 is 0 Å². The highest BCUT2D eigenvalue weighted by Gasteiger charge is 2.60. The van der Waals surface area contributed by atoms with E-state index in [2.05, 4.69) is 27.7 Å². The molecule has 0 spiro atoms. The minimum absolute atomic E-state index is 0.459. The van der Waals surface area contributed by atoms with Crippen molar-refractivity contribution in [1.82, 2.24) is 0 Å². The predicted molar refractivity (Wildman–Crippen MR) is 112 cm³/mol. The molecule has 156 valence electrons. The molecular formula is C25H44O2. The molecule has 2 nitrogen and oxygen atoms in total. The second-order valence-electron chi connectivity index (χ2n) is 10.9. The van der Waals surface area contributed by atoms with Crippen LogP contribution in [0.4, 0.5) is 0 Å². The van der Waals surface area contributed by atoms with Crippen LogP contribution in [-0.4, -0.2) is 25.4 Å². The van der Waals surface area contributed by atoms with Crippen LogP contribution in [0.2, 0.25) is 0 Å². The summed E-state index contributed by atoms with van der Waals surface area (Å²) in [5.74, 6) is 3.76. The molecule has 4 saturated carbocycles. The highest BCUT2D eigenvalue weighted by Crippen LogP contribution is 2.66. The van der Waals surface area contributed by atoms with E-state index in [0.29, 0.717) is 23.0 Å². The van der Waals surface area contributed by atoms with E-state index in [4.69, 9.17) is 9.47 Å². The summed E-state index contributed by atoms with van der Waals surface area (Å²) in [6.07, 6.45) is 16.0. The van der Waals surface area contributed by atoms with E-state index in [-0.39, 0.29) is 0 Å². The Morgan fingerprint density at radius 3 is 2.22 bits per heavy atom. The van der Waals surface area contributed by atoms with Crippen LogP contribution in [0.5, 0.6) is 0 Å². The number of hydrogen-bond donors (Lipinski definition) is 0. The molecule has 0 aliphatic heterocycles. The molecule has 0 N–H and O–H groups in total. The molecule has 3 unspecified atom stereocenters. The molecular weight excluding hydrogens is 332 g/mol. The van der Waals surface area contributed by atoms with E-state index in [9.17, 15) is 0 Å². The molecule has 0 amide bonds. The van der Waals surface area contributed by atoms with Crippen molar-refractivity contribution in [2.24, 2.45) is 34.5 Å². The van der Waals surface area contributed by atoms with E-state index in [1.54, 1.807) is 0 Å². The van der Waals surface area contributed by atoms with Crippen molar-refractivity contribution < 1.29 is 9.47 Å². The van der Waals surface area contributed by atoms with Gasteiger partial charge in [0.25, 0.3) is 0 Å². The van der Waals surface area contributed by atoms with Crippen LogP contribution in [0.3, 0.4) is 0 Å². The number of hydrogen-bond acceptors (Lipinski definition) is 2. The first-order chi connectivity index (χ1) is 13.0. The maximum atomic E-state index is 6.37. The Kier molecular flexibility index (Phi) is 5.97. The van der Waals surface area contributed by atoms with Crippen molar-refractivity contribution in [3.8, 4) is 0 Å². The van der Waals surface area contributed by atoms with Crippen molar-refractivity contribution in [3.63, 3.8) is 0 Å². The first-order valence-electron chi connectivity index (χ1n) is 12.3. The smallest absolute Gasteiger partial charge is 0.0631 e. The zero-order valence-electron chi connectivity index (χ0n) is 18.5. The summed E-state index contributed by atoms with van der Waals surface area (Å²) in [6.45, 7) is 11.7. The van der Waals surface area contributed by atoms with Crippen LogP contribution in [0, 0.1) is 34.5 Å². The summed E-state index contributed by atoms with van der Waals surface area (Å²) >= 11 is 0. The quantitative estimate of drug-likeness (QED) is 0.518. The minimum atomic E-state index is 0.459. The third kappa shape index (κ3) is 3.41. The summed E-state index contributed by atoms with van der Waals surface area (Å²) < 4.78 is 12.6. The zero-order valence-corrected chi connectivity index (χ0v) is 18.5. The lowest BCUT2D eigenvalue weighted by Gasteiger charge is -2.61. The Balaban J connectivity index is 1.46. The third-order valence-electron chi connectivity index (χ3n) is 9.61. The summed E-state index contributed by atoms with van der Waals surface area (Å²) in [6, 6.07) is 0. The van der Waals surface area contributed by atoms with Crippen LogP contribution >= 0.6 is 0 Å². The minimum Gasteiger partial charge on any atom is -0.378 e. The average Bonchev–Trinajstić information content (AvgIpc) is 3.01. The molecule has 0 saturated heterocycles. The van der Waals surface area contributed by atoms with E-state index < -0.39 is 0 Å². The van der Waals surface area contributed by atoms with Crippen molar-refractivity contribution >= 4 is 0 Å². The zero-order chi connectivity index (χ0) is 19.1.